The highest BCUT2D eigenvalue weighted by atomic mass is 32.2. The van der Waals surface area contributed by atoms with Crippen LogP contribution in [-0.2, 0) is 32.6 Å². The molecule has 0 bridgehead atoms. The topological polar surface area (TPSA) is 86.8 Å². The van der Waals surface area contributed by atoms with Crippen LogP contribution in [0.1, 0.15) is 47.6 Å². The van der Waals surface area contributed by atoms with Crippen LogP contribution in [0.25, 0.3) is 0 Å². The van der Waals surface area contributed by atoms with Crippen molar-refractivity contribution in [2.75, 3.05) is 23.7 Å². The van der Waals surface area contributed by atoms with Crippen molar-refractivity contribution in [3.63, 3.8) is 0 Å². The van der Waals surface area contributed by atoms with Crippen molar-refractivity contribution >= 4 is 27.5 Å². The number of nitrogens with one attached hydrogen (secondary N) is 1. The summed E-state index contributed by atoms with van der Waals surface area (Å²) in [4.78, 5) is 29.3. The monoisotopic (exact) mass is 563 g/mol. The third kappa shape index (κ3) is 8.42. The van der Waals surface area contributed by atoms with Gasteiger partial charge in [0, 0.05) is 19.5 Å². The van der Waals surface area contributed by atoms with Crippen molar-refractivity contribution in [1.29, 1.82) is 0 Å². The quantitative estimate of drug-likeness (QED) is 0.299. The maximum atomic E-state index is 14.1. The molecule has 1 N–H and O–H groups in total. The van der Waals surface area contributed by atoms with E-state index in [4.69, 9.17) is 0 Å². The third-order valence-corrected chi connectivity index (χ3v) is 8.30. The number of rotatable bonds is 13. The van der Waals surface area contributed by atoms with Gasteiger partial charge in [0.25, 0.3) is 0 Å². The number of benzene rings is 3. The van der Waals surface area contributed by atoms with E-state index in [-0.39, 0.29) is 12.5 Å². The summed E-state index contributed by atoms with van der Waals surface area (Å²) >= 11 is 0. The SMILES string of the molecule is CCCCNC(=O)[C@@H](Cc1ccccc1)N(Cc1ccccc1C)C(=O)CN(c1ccc(C)c(C)c1)S(C)(=O)=O. The van der Waals surface area contributed by atoms with E-state index in [1.54, 1.807) is 12.1 Å². The minimum Gasteiger partial charge on any atom is -0.354 e. The lowest BCUT2D eigenvalue weighted by atomic mass is 10.0. The van der Waals surface area contributed by atoms with E-state index >= 15 is 0 Å². The Labute approximate surface area is 239 Å². The fourth-order valence-corrected chi connectivity index (χ4v) is 5.37. The lowest BCUT2D eigenvalue weighted by molar-refractivity contribution is -0.140. The molecular formula is C32H41N3O4S. The molecule has 8 heteroatoms. The average molecular weight is 564 g/mol. The van der Waals surface area contributed by atoms with E-state index < -0.39 is 28.5 Å². The largest absolute Gasteiger partial charge is 0.354 e. The van der Waals surface area contributed by atoms with E-state index in [2.05, 4.69) is 5.32 Å². The smallest absolute Gasteiger partial charge is 0.244 e. The van der Waals surface area contributed by atoms with E-state index in [0.29, 0.717) is 18.7 Å². The second-order valence-electron chi connectivity index (χ2n) is 10.3. The molecule has 0 saturated heterocycles. The Morgan fingerprint density at radius 2 is 1.55 bits per heavy atom. The number of amides is 2. The van der Waals surface area contributed by atoms with Crippen molar-refractivity contribution in [2.24, 2.45) is 0 Å². The summed E-state index contributed by atoms with van der Waals surface area (Å²) in [6.45, 7) is 8.13. The Kier molecular flexibility index (Phi) is 10.9. The van der Waals surface area contributed by atoms with Crippen LogP contribution in [0, 0.1) is 20.8 Å². The van der Waals surface area contributed by atoms with Gasteiger partial charge in [-0.3, -0.25) is 13.9 Å². The maximum Gasteiger partial charge on any atom is 0.244 e. The second kappa shape index (κ2) is 14.1. The molecule has 0 spiro atoms. The first-order valence-electron chi connectivity index (χ1n) is 13.7. The molecule has 7 nitrogen and oxygen atoms in total. The molecule has 3 aromatic rings. The Balaban J connectivity index is 2.05. The number of hydrogen-bond acceptors (Lipinski definition) is 4. The molecular weight excluding hydrogens is 522 g/mol. The normalized spacial score (nSPS) is 12.0. The average Bonchev–Trinajstić information content (AvgIpc) is 2.91. The van der Waals surface area contributed by atoms with Gasteiger partial charge < -0.3 is 10.2 Å². The molecule has 3 aromatic carbocycles. The lowest BCUT2D eigenvalue weighted by Gasteiger charge is -2.34. The van der Waals surface area contributed by atoms with E-state index in [9.17, 15) is 18.0 Å². The second-order valence-corrected chi connectivity index (χ2v) is 12.2. The van der Waals surface area contributed by atoms with E-state index in [1.807, 2.05) is 88.4 Å². The van der Waals surface area contributed by atoms with Crippen molar-refractivity contribution < 1.29 is 18.0 Å². The van der Waals surface area contributed by atoms with Crippen molar-refractivity contribution in [2.45, 2.75) is 59.5 Å². The van der Waals surface area contributed by atoms with Gasteiger partial charge in [-0.1, -0.05) is 74.0 Å². The van der Waals surface area contributed by atoms with Gasteiger partial charge >= 0.3 is 0 Å². The van der Waals surface area contributed by atoms with Crippen LogP contribution >= 0.6 is 0 Å². The highest BCUT2D eigenvalue weighted by molar-refractivity contribution is 7.92. The molecule has 214 valence electrons. The molecule has 1 atom stereocenters. The summed E-state index contributed by atoms with van der Waals surface area (Å²) < 4.78 is 27.0. The van der Waals surface area contributed by atoms with Crippen LogP contribution < -0.4 is 9.62 Å². The Morgan fingerprint density at radius 1 is 0.875 bits per heavy atom. The molecule has 0 fully saturated rings. The summed E-state index contributed by atoms with van der Waals surface area (Å²) in [6.07, 6.45) is 3.15. The summed E-state index contributed by atoms with van der Waals surface area (Å²) in [5.41, 5.74) is 5.16. The molecule has 0 aliphatic rings. The number of unbranched alkanes of at least 4 members (excludes halogenated alkanes) is 1. The fourth-order valence-electron chi connectivity index (χ4n) is 4.53. The number of carbonyl (C=O) groups excluding carboxylic acids is 2. The first-order chi connectivity index (χ1) is 19.0. The van der Waals surface area contributed by atoms with Crippen molar-refractivity contribution in [1.82, 2.24) is 10.2 Å². The van der Waals surface area contributed by atoms with E-state index in [1.165, 1.54) is 4.90 Å². The number of aryl methyl sites for hydroxylation is 3. The molecule has 0 aliphatic heterocycles. The van der Waals surface area contributed by atoms with Crippen LogP contribution in [0.2, 0.25) is 0 Å². The van der Waals surface area contributed by atoms with Crippen LogP contribution in [0.5, 0.6) is 0 Å². The minimum absolute atomic E-state index is 0.175. The highest BCUT2D eigenvalue weighted by Gasteiger charge is 2.33. The van der Waals surface area contributed by atoms with Gasteiger partial charge in [0.2, 0.25) is 21.8 Å². The van der Waals surface area contributed by atoms with Crippen LogP contribution in [0.15, 0.2) is 72.8 Å². The summed E-state index contributed by atoms with van der Waals surface area (Å²) in [7, 11) is -3.79. The standard InChI is InChI=1S/C32H41N3O4S/c1-6-7-19-33-32(37)30(21-27-14-9-8-10-15-27)34(22-28-16-12-11-13-25(28)3)31(36)23-35(40(5,38)39)29-18-17-24(2)26(4)20-29/h8-18,20,30H,6-7,19,21-23H2,1-5H3,(H,33,37)/t30-/m1/s1. The van der Waals surface area contributed by atoms with Gasteiger partial charge in [0.05, 0.1) is 11.9 Å². The fraction of sp³-hybridized carbons (Fsp3) is 0.375. The van der Waals surface area contributed by atoms with Gasteiger partial charge in [-0.05, 0) is 67.1 Å². The highest BCUT2D eigenvalue weighted by Crippen LogP contribution is 2.23. The van der Waals surface area contributed by atoms with Crippen molar-refractivity contribution in [3.8, 4) is 0 Å². The van der Waals surface area contributed by atoms with Crippen LogP contribution in [0.4, 0.5) is 5.69 Å². The van der Waals surface area contributed by atoms with Crippen LogP contribution in [0.3, 0.4) is 0 Å². The number of hydrogen-bond donors (Lipinski definition) is 1. The number of carbonyl (C=O) groups is 2. The third-order valence-electron chi connectivity index (χ3n) is 7.16. The summed E-state index contributed by atoms with van der Waals surface area (Å²) in [5, 5.41) is 3.00. The molecule has 0 saturated carbocycles. The van der Waals surface area contributed by atoms with E-state index in [0.717, 1.165) is 51.2 Å². The predicted molar refractivity (Wildman–Crippen MR) is 162 cm³/mol. The zero-order valence-corrected chi connectivity index (χ0v) is 25.0. The lowest BCUT2D eigenvalue weighted by Crippen LogP contribution is -2.53. The zero-order valence-electron chi connectivity index (χ0n) is 24.2. The number of nitrogens with zero attached hydrogens (tertiary/aromatic N) is 2. The molecule has 0 unspecified atom stereocenters. The van der Waals surface area contributed by atoms with Gasteiger partial charge in [-0.2, -0.15) is 0 Å². The molecule has 2 amide bonds. The minimum atomic E-state index is -3.79. The van der Waals surface area contributed by atoms with Gasteiger partial charge in [-0.15, -0.1) is 0 Å². The van der Waals surface area contributed by atoms with Crippen molar-refractivity contribution in [3.05, 3.63) is 101 Å². The molecule has 40 heavy (non-hydrogen) atoms. The summed E-state index contributed by atoms with van der Waals surface area (Å²) in [5.74, 6) is -0.699. The number of sulfonamides is 1. The van der Waals surface area contributed by atoms with Crippen LogP contribution in [-0.4, -0.2) is 50.5 Å². The zero-order chi connectivity index (χ0) is 29.3. The molecule has 0 aromatic heterocycles. The molecule has 0 heterocycles. The predicted octanol–water partition coefficient (Wildman–Crippen LogP) is 4.93. The molecule has 0 aliphatic carbocycles. The first kappa shape index (κ1) is 30.9. The van der Waals surface area contributed by atoms with Gasteiger partial charge in [0.1, 0.15) is 12.6 Å². The Hall–Kier alpha value is -3.65. The van der Waals surface area contributed by atoms with Gasteiger partial charge in [-0.25, -0.2) is 8.42 Å². The summed E-state index contributed by atoms with van der Waals surface area (Å²) in [6, 6.07) is 21.8. The first-order valence-corrected chi connectivity index (χ1v) is 15.6. The molecule has 0 radical (unpaired) electrons. The van der Waals surface area contributed by atoms with Gasteiger partial charge in [0.15, 0.2) is 0 Å². The molecule has 3 rings (SSSR count). The number of anilines is 1. The Bertz CT molecular complexity index is 1410. The Morgan fingerprint density at radius 3 is 2.17 bits per heavy atom. The maximum absolute atomic E-state index is 14.1.